The van der Waals surface area contributed by atoms with Crippen molar-refractivity contribution in [3.8, 4) is 11.8 Å². The fraction of sp³-hybridized carbons (Fsp3) is 0.100. The van der Waals surface area contributed by atoms with Crippen LogP contribution in [-0.2, 0) is 24.1 Å². The van der Waals surface area contributed by atoms with Gasteiger partial charge in [-0.1, -0.05) is 0 Å². The molecule has 0 heterocycles. The molecule has 0 amide bonds. The van der Waals surface area contributed by atoms with E-state index in [0.717, 1.165) is 9.65 Å². The summed E-state index contributed by atoms with van der Waals surface area (Å²) in [5.41, 5.74) is 1.01. The van der Waals surface area contributed by atoms with E-state index in [2.05, 4.69) is 11.8 Å². The number of ether oxygens (including phenoxy) is 1. The van der Waals surface area contributed by atoms with Crippen LogP contribution in [0.1, 0.15) is 5.56 Å². The van der Waals surface area contributed by atoms with Crippen LogP contribution in [0.3, 0.4) is 0 Å². The molecular formula is C10H8MoO. The van der Waals surface area contributed by atoms with E-state index in [9.17, 15) is 0 Å². The molecule has 2 heteroatoms. The Morgan fingerprint density at radius 2 is 2.00 bits per heavy atom. The van der Waals surface area contributed by atoms with Crippen LogP contribution in [-0.4, -0.2) is 11.2 Å². The molecule has 0 saturated heterocycles. The van der Waals surface area contributed by atoms with Crippen LogP contribution < -0.4 is 0 Å². The van der Waals surface area contributed by atoms with E-state index in [1.54, 1.807) is 26.5 Å². The summed E-state index contributed by atoms with van der Waals surface area (Å²) in [4.78, 5) is 0. The molecule has 1 rings (SSSR count). The van der Waals surface area contributed by atoms with E-state index in [0.29, 0.717) is 0 Å². The van der Waals surface area contributed by atoms with Gasteiger partial charge < -0.3 is 0 Å². The van der Waals surface area contributed by atoms with Gasteiger partial charge in [-0.05, 0) is 0 Å². The van der Waals surface area contributed by atoms with Gasteiger partial charge in [0.15, 0.2) is 0 Å². The number of methoxy groups -OCH3 is 1. The zero-order valence-electron chi connectivity index (χ0n) is 6.70. The van der Waals surface area contributed by atoms with Crippen molar-refractivity contribution in [2.24, 2.45) is 0 Å². The summed E-state index contributed by atoms with van der Waals surface area (Å²) in [6.45, 7) is 0. The molecule has 0 fully saturated rings. The molecule has 0 aliphatic rings. The first-order valence-electron chi connectivity index (χ1n) is 3.48. The maximum atomic E-state index is 4.92. The van der Waals surface area contributed by atoms with E-state index < -0.39 is 0 Å². The molecule has 0 atom stereocenters. The summed E-state index contributed by atoms with van der Waals surface area (Å²) in [5.74, 6) is 5.88. The van der Waals surface area contributed by atoms with E-state index >= 15 is 0 Å². The van der Waals surface area contributed by atoms with E-state index in [4.69, 9.17) is 4.74 Å². The SMILES string of the molecule is CO[C](=[Mo])C#Cc1ccccc1. The fourth-order valence-electron chi connectivity index (χ4n) is 0.696. The van der Waals surface area contributed by atoms with Crippen LogP contribution in [0.2, 0.25) is 0 Å². The molecule has 0 saturated carbocycles. The Kier molecular flexibility index (Phi) is 3.94. The van der Waals surface area contributed by atoms with Crippen LogP contribution >= 0.6 is 0 Å². The Morgan fingerprint density at radius 3 is 2.58 bits per heavy atom. The third kappa shape index (κ3) is 3.13. The van der Waals surface area contributed by atoms with Crippen LogP contribution in [0.4, 0.5) is 0 Å². The molecule has 12 heavy (non-hydrogen) atoms. The first-order valence-corrected chi connectivity index (χ1v) is 4.48. The number of rotatable bonds is 1. The molecule has 0 aliphatic heterocycles. The average Bonchev–Trinajstić information content (AvgIpc) is 2.16. The molecule has 0 aromatic heterocycles. The summed E-state index contributed by atoms with van der Waals surface area (Å²) < 4.78 is 5.66. The molecule has 0 N–H and O–H groups in total. The number of hydrogen-bond donors (Lipinski definition) is 0. The van der Waals surface area contributed by atoms with E-state index in [-0.39, 0.29) is 0 Å². The van der Waals surface area contributed by atoms with Crippen molar-refractivity contribution in [3.05, 3.63) is 35.9 Å². The Morgan fingerprint density at radius 1 is 1.33 bits per heavy atom. The summed E-state index contributed by atoms with van der Waals surface area (Å²) in [6.07, 6.45) is 0. The summed E-state index contributed by atoms with van der Waals surface area (Å²) >= 11 is 1.77. The van der Waals surface area contributed by atoms with Gasteiger partial charge in [0.1, 0.15) is 0 Å². The van der Waals surface area contributed by atoms with Gasteiger partial charge >= 0.3 is 83.0 Å². The third-order valence-electron chi connectivity index (χ3n) is 1.27. The quantitative estimate of drug-likeness (QED) is 0.532. The van der Waals surface area contributed by atoms with Gasteiger partial charge in [0.25, 0.3) is 0 Å². The average molecular weight is 240 g/mol. The second kappa shape index (κ2) is 5.03. The normalized spacial score (nSPS) is 8.42. The molecule has 1 aromatic rings. The standard InChI is InChI=1S/C10H8O.Mo/c1-11-9-5-8-10-6-3-2-4-7-10;/h2-4,6-7H,1H3;. The molecule has 0 unspecified atom stereocenters. The van der Waals surface area contributed by atoms with Gasteiger partial charge in [-0.25, -0.2) is 0 Å². The van der Waals surface area contributed by atoms with Gasteiger partial charge in [0.2, 0.25) is 0 Å². The zero-order valence-corrected chi connectivity index (χ0v) is 8.71. The van der Waals surface area contributed by atoms with Crippen LogP contribution in [0.5, 0.6) is 0 Å². The third-order valence-corrected chi connectivity index (χ3v) is 1.93. The molecule has 0 bridgehead atoms. The fourth-order valence-corrected chi connectivity index (χ4v) is 0.821. The van der Waals surface area contributed by atoms with E-state index in [1.807, 2.05) is 30.3 Å². The van der Waals surface area contributed by atoms with Gasteiger partial charge in [0, 0.05) is 0 Å². The minimum absolute atomic E-state index is 0.745. The second-order valence-electron chi connectivity index (χ2n) is 2.11. The zero-order chi connectivity index (χ0) is 8.81. The van der Waals surface area contributed by atoms with Gasteiger partial charge in [0.05, 0.1) is 0 Å². The summed E-state index contributed by atoms with van der Waals surface area (Å²) in [5, 5.41) is 0. The van der Waals surface area contributed by atoms with Crippen LogP contribution in [0.15, 0.2) is 30.3 Å². The van der Waals surface area contributed by atoms with E-state index in [1.165, 1.54) is 0 Å². The number of benzene rings is 1. The van der Waals surface area contributed by atoms with Crippen molar-refractivity contribution in [1.82, 2.24) is 0 Å². The number of hydrogen-bond acceptors (Lipinski definition) is 1. The monoisotopic (exact) mass is 242 g/mol. The van der Waals surface area contributed by atoms with Crippen molar-refractivity contribution in [2.45, 2.75) is 0 Å². The predicted molar refractivity (Wildman–Crippen MR) is 45.3 cm³/mol. The molecule has 1 nitrogen and oxygen atoms in total. The Labute approximate surface area is 83.2 Å². The summed E-state index contributed by atoms with van der Waals surface area (Å²) in [6, 6.07) is 9.84. The predicted octanol–water partition coefficient (Wildman–Crippen LogP) is 1.36. The summed E-state index contributed by atoms with van der Waals surface area (Å²) in [7, 11) is 1.62. The Hall–Kier alpha value is -0.702. The van der Waals surface area contributed by atoms with Crippen molar-refractivity contribution in [3.63, 3.8) is 0 Å². The van der Waals surface area contributed by atoms with Crippen molar-refractivity contribution in [1.29, 1.82) is 0 Å². The first kappa shape index (κ1) is 9.39. The first-order chi connectivity index (χ1) is 5.83. The van der Waals surface area contributed by atoms with Crippen LogP contribution in [0, 0.1) is 11.8 Å². The van der Waals surface area contributed by atoms with Crippen molar-refractivity contribution >= 4 is 4.08 Å². The molecule has 1 aromatic carbocycles. The van der Waals surface area contributed by atoms with Crippen molar-refractivity contribution < 1.29 is 24.1 Å². The Balaban J connectivity index is 2.74. The topological polar surface area (TPSA) is 9.23 Å². The van der Waals surface area contributed by atoms with Crippen LogP contribution in [0.25, 0.3) is 0 Å². The maximum absolute atomic E-state index is 4.92. The van der Waals surface area contributed by atoms with Crippen molar-refractivity contribution in [2.75, 3.05) is 7.11 Å². The molecule has 60 valence electrons. The molecule has 0 radical (unpaired) electrons. The minimum atomic E-state index is 0.745. The Bertz CT molecular complexity index is 319. The van der Waals surface area contributed by atoms with Gasteiger partial charge in [-0.2, -0.15) is 0 Å². The van der Waals surface area contributed by atoms with Gasteiger partial charge in [-0.3, -0.25) is 0 Å². The second-order valence-corrected chi connectivity index (χ2v) is 3.02. The molecular weight excluding hydrogens is 232 g/mol. The molecule has 0 aliphatic carbocycles. The van der Waals surface area contributed by atoms with Gasteiger partial charge in [-0.15, -0.1) is 0 Å². The molecule has 0 spiro atoms.